The molecule has 2 rings (SSSR count). The van der Waals surface area contributed by atoms with Crippen LogP contribution in [0.1, 0.15) is 6.92 Å². The number of hydrogen-bond donors (Lipinski definition) is 1. The predicted molar refractivity (Wildman–Crippen MR) is 88.4 cm³/mol. The highest BCUT2D eigenvalue weighted by Crippen LogP contribution is 2.30. The number of anilines is 1. The number of nitrogens with zero attached hydrogens (tertiary/aromatic N) is 1. The van der Waals surface area contributed by atoms with E-state index >= 15 is 0 Å². The van der Waals surface area contributed by atoms with E-state index in [1.807, 2.05) is 6.92 Å². The van der Waals surface area contributed by atoms with Crippen LogP contribution in [-0.2, 0) is 4.79 Å². The molecule has 0 fully saturated rings. The zero-order chi connectivity index (χ0) is 14.5. The predicted octanol–water partition coefficient (Wildman–Crippen LogP) is 3.51. The molecule has 1 N–H and O–H groups in total. The molecular formula is C13H15ClN2O2S2. The van der Waals surface area contributed by atoms with E-state index in [0.29, 0.717) is 16.5 Å². The Morgan fingerprint density at radius 1 is 1.60 bits per heavy atom. The molecule has 0 aliphatic carbocycles. The summed E-state index contributed by atoms with van der Waals surface area (Å²) in [6, 6.07) is 5.13. The molecule has 1 aliphatic rings. The van der Waals surface area contributed by atoms with Crippen LogP contribution in [0.3, 0.4) is 0 Å². The van der Waals surface area contributed by atoms with Crippen LogP contribution in [0.5, 0.6) is 5.75 Å². The maximum absolute atomic E-state index is 12.2. The minimum atomic E-state index is -0.219. The van der Waals surface area contributed by atoms with Gasteiger partial charge in [0.05, 0.1) is 24.6 Å². The molecule has 1 aromatic rings. The number of hydrogen-bond acceptors (Lipinski definition) is 5. The van der Waals surface area contributed by atoms with E-state index in [0.717, 1.165) is 16.7 Å². The lowest BCUT2D eigenvalue weighted by molar-refractivity contribution is -0.115. The van der Waals surface area contributed by atoms with Crippen LogP contribution in [0.2, 0.25) is 5.02 Å². The largest absolute Gasteiger partial charge is 0.495 e. The van der Waals surface area contributed by atoms with Crippen molar-refractivity contribution >= 4 is 51.1 Å². The quantitative estimate of drug-likeness (QED) is 0.917. The van der Waals surface area contributed by atoms with Gasteiger partial charge in [-0.3, -0.25) is 9.79 Å². The third kappa shape index (κ3) is 4.07. The van der Waals surface area contributed by atoms with E-state index in [1.54, 1.807) is 37.1 Å². The molecule has 108 valence electrons. The molecule has 1 amide bonds. The summed E-state index contributed by atoms with van der Waals surface area (Å²) in [6.45, 7) is 2.70. The van der Waals surface area contributed by atoms with Crippen molar-refractivity contribution in [2.45, 2.75) is 12.2 Å². The summed E-state index contributed by atoms with van der Waals surface area (Å²) in [6.07, 6.45) is 0. The third-order valence-corrected chi connectivity index (χ3v) is 5.16. The van der Waals surface area contributed by atoms with E-state index in [9.17, 15) is 4.79 Å². The lowest BCUT2D eigenvalue weighted by atomic mass is 10.3. The first-order valence-electron chi connectivity index (χ1n) is 6.08. The average molecular weight is 331 g/mol. The number of rotatable bonds is 4. The lowest BCUT2D eigenvalue weighted by Crippen LogP contribution is -2.23. The van der Waals surface area contributed by atoms with Crippen LogP contribution < -0.4 is 10.1 Å². The monoisotopic (exact) mass is 330 g/mol. The zero-order valence-corrected chi connectivity index (χ0v) is 13.6. The molecule has 0 radical (unpaired) electrons. The number of benzene rings is 1. The molecule has 0 unspecified atom stereocenters. The third-order valence-electron chi connectivity index (χ3n) is 2.62. The van der Waals surface area contributed by atoms with Crippen molar-refractivity contribution in [3.05, 3.63) is 23.2 Å². The van der Waals surface area contributed by atoms with Crippen molar-refractivity contribution in [3.63, 3.8) is 0 Å². The summed E-state index contributed by atoms with van der Waals surface area (Å²) in [5.74, 6) is 1.50. The van der Waals surface area contributed by atoms with Crippen molar-refractivity contribution in [1.82, 2.24) is 0 Å². The van der Waals surface area contributed by atoms with Crippen molar-refractivity contribution in [2.75, 3.05) is 24.7 Å². The number of carbonyl (C=O) groups is 1. The maximum Gasteiger partial charge on any atom is 0.237 e. The van der Waals surface area contributed by atoms with Crippen molar-refractivity contribution in [1.29, 1.82) is 0 Å². The van der Waals surface area contributed by atoms with E-state index in [1.165, 1.54) is 11.8 Å². The molecule has 7 heteroatoms. The Hall–Kier alpha value is -0.850. The van der Waals surface area contributed by atoms with Crippen LogP contribution in [0.4, 0.5) is 5.69 Å². The number of amides is 1. The van der Waals surface area contributed by atoms with Gasteiger partial charge in [0.2, 0.25) is 5.91 Å². The molecule has 20 heavy (non-hydrogen) atoms. The van der Waals surface area contributed by atoms with Gasteiger partial charge in [-0.1, -0.05) is 35.1 Å². The van der Waals surface area contributed by atoms with E-state index in [-0.39, 0.29) is 11.2 Å². The van der Waals surface area contributed by atoms with Gasteiger partial charge in [-0.2, -0.15) is 0 Å². The highest BCUT2D eigenvalue weighted by molar-refractivity contribution is 8.39. The summed E-state index contributed by atoms with van der Waals surface area (Å²) in [5.41, 5.74) is 0.582. The Bertz CT molecular complexity index is 537. The van der Waals surface area contributed by atoms with Crippen LogP contribution in [0.15, 0.2) is 23.2 Å². The molecule has 1 heterocycles. The normalized spacial score (nSPS) is 15.7. The second kappa shape index (κ2) is 7.24. The Morgan fingerprint density at radius 2 is 2.40 bits per heavy atom. The Morgan fingerprint density at radius 3 is 3.05 bits per heavy atom. The number of methoxy groups -OCH3 is 1. The summed E-state index contributed by atoms with van der Waals surface area (Å²) in [4.78, 5) is 16.5. The highest BCUT2D eigenvalue weighted by Gasteiger charge is 2.20. The Labute approximate surface area is 131 Å². The first-order chi connectivity index (χ1) is 9.60. The van der Waals surface area contributed by atoms with Crippen molar-refractivity contribution in [2.24, 2.45) is 4.99 Å². The van der Waals surface area contributed by atoms with Gasteiger partial charge in [0.1, 0.15) is 10.1 Å². The molecule has 4 nitrogen and oxygen atoms in total. The first kappa shape index (κ1) is 15.5. The molecule has 1 aliphatic heterocycles. The van der Waals surface area contributed by atoms with Crippen molar-refractivity contribution < 1.29 is 9.53 Å². The molecule has 0 bridgehead atoms. The molecule has 0 aromatic heterocycles. The van der Waals surface area contributed by atoms with Gasteiger partial charge in [0.15, 0.2) is 0 Å². The molecular weight excluding hydrogens is 316 g/mol. The first-order valence-corrected chi connectivity index (χ1v) is 8.33. The van der Waals surface area contributed by atoms with E-state index in [4.69, 9.17) is 16.3 Å². The van der Waals surface area contributed by atoms with Gasteiger partial charge in [0.25, 0.3) is 0 Å². The fourth-order valence-electron chi connectivity index (χ4n) is 1.60. The fourth-order valence-corrected chi connectivity index (χ4v) is 3.91. The van der Waals surface area contributed by atoms with E-state index < -0.39 is 0 Å². The van der Waals surface area contributed by atoms with Crippen molar-refractivity contribution in [3.8, 4) is 5.75 Å². The van der Waals surface area contributed by atoms with Crippen LogP contribution >= 0.6 is 35.1 Å². The summed E-state index contributed by atoms with van der Waals surface area (Å²) < 4.78 is 6.18. The maximum atomic E-state index is 12.2. The van der Waals surface area contributed by atoms with Gasteiger partial charge >= 0.3 is 0 Å². The SMILES string of the molecule is COc1ccc(Cl)cc1NC(=O)[C@@H](C)SC1=NCCS1. The van der Waals surface area contributed by atoms with Crippen LogP contribution in [0.25, 0.3) is 0 Å². The second-order valence-corrected chi connectivity index (χ2v) is 7.20. The average Bonchev–Trinajstić information content (AvgIpc) is 2.91. The zero-order valence-electron chi connectivity index (χ0n) is 11.2. The number of nitrogens with one attached hydrogen (secondary N) is 1. The topological polar surface area (TPSA) is 50.7 Å². The van der Waals surface area contributed by atoms with Gasteiger partial charge in [0, 0.05) is 10.8 Å². The highest BCUT2D eigenvalue weighted by atomic mass is 35.5. The lowest BCUT2D eigenvalue weighted by Gasteiger charge is -2.14. The number of thioether (sulfide) groups is 2. The number of ether oxygens (including phenoxy) is 1. The number of aliphatic imine (C=N–C) groups is 1. The standard InChI is InChI=1S/C13H15ClN2O2S2/c1-8(20-13-15-5-6-19-13)12(17)16-10-7-9(14)3-4-11(10)18-2/h3-4,7-8H,5-6H2,1-2H3,(H,16,17)/t8-/m1/s1. The van der Waals surface area contributed by atoms with Crippen LogP contribution in [0, 0.1) is 0 Å². The summed E-state index contributed by atoms with van der Waals surface area (Å²) in [5, 5.41) is 3.18. The number of carbonyl (C=O) groups excluding carboxylic acids is 1. The second-order valence-electron chi connectivity index (χ2n) is 4.09. The molecule has 1 aromatic carbocycles. The van der Waals surface area contributed by atoms with Gasteiger partial charge in [-0.05, 0) is 25.1 Å². The molecule has 0 saturated carbocycles. The van der Waals surface area contributed by atoms with Gasteiger partial charge in [-0.25, -0.2) is 0 Å². The van der Waals surface area contributed by atoms with Gasteiger partial charge < -0.3 is 10.1 Å². The Balaban J connectivity index is 2.01. The Kier molecular flexibility index (Phi) is 5.63. The van der Waals surface area contributed by atoms with E-state index in [2.05, 4.69) is 10.3 Å². The summed E-state index contributed by atoms with van der Waals surface area (Å²) in [7, 11) is 1.56. The molecule has 1 atom stereocenters. The smallest absolute Gasteiger partial charge is 0.237 e. The minimum absolute atomic E-state index is 0.0919. The number of halogens is 1. The molecule has 0 saturated heterocycles. The van der Waals surface area contributed by atoms with Crippen LogP contribution in [-0.4, -0.2) is 34.9 Å². The fraction of sp³-hybridized carbons (Fsp3) is 0.385. The minimum Gasteiger partial charge on any atom is -0.495 e. The molecule has 0 spiro atoms. The van der Waals surface area contributed by atoms with Gasteiger partial charge in [-0.15, -0.1) is 0 Å². The summed E-state index contributed by atoms with van der Waals surface area (Å²) >= 11 is 9.11.